The van der Waals surface area contributed by atoms with E-state index in [-0.39, 0.29) is 11.4 Å². The van der Waals surface area contributed by atoms with Gasteiger partial charge in [-0.3, -0.25) is 9.71 Å². The Hall–Kier alpha value is -1.44. The highest BCUT2D eigenvalue weighted by Gasteiger charge is 2.19. The van der Waals surface area contributed by atoms with Gasteiger partial charge < -0.3 is 5.73 Å². The van der Waals surface area contributed by atoms with Gasteiger partial charge in [-0.05, 0) is 48.7 Å². The van der Waals surface area contributed by atoms with E-state index >= 15 is 0 Å². The lowest BCUT2D eigenvalue weighted by molar-refractivity contribution is 0.600. The summed E-state index contributed by atoms with van der Waals surface area (Å²) in [7, 11) is -3.69. The van der Waals surface area contributed by atoms with Crippen LogP contribution in [0, 0.1) is 13.8 Å². The molecule has 0 aliphatic carbocycles. The van der Waals surface area contributed by atoms with Crippen LogP contribution in [-0.2, 0) is 16.6 Å². The van der Waals surface area contributed by atoms with E-state index in [2.05, 4.69) is 25.6 Å². The number of benzene rings is 1. The average molecular weight is 370 g/mol. The Kier molecular flexibility index (Phi) is 4.65. The van der Waals surface area contributed by atoms with Crippen molar-refractivity contribution in [2.24, 2.45) is 5.73 Å². The second-order valence-electron chi connectivity index (χ2n) is 4.76. The van der Waals surface area contributed by atoms with E-state index in [4.69, 9.17) is 5.73 Å². The number of anilines is 1. The van der Waals surface area contributed by atoms with E-state index in [0.29, 0.717) is 15.7 Å². The third kappa shape index (κ3) is 3.61. The van der Waals surface area contributed by atoms with Crippen molar-refractivity contribution in [2.75, 3.05) is 4.72 Å². The highest BCUT2D eigenvalue weighted by Crippen LogP contribution is 2.27. The molecule has 2 rings (SSSR count). The van der Waals surface area contributed by atoms with Crippen LogP contribution < -0.4 is 10.5 Å². The third-order valence-corrected chi connectivity index (χ3v) is 5.34. The van der Waals surface area contributed by atoms with Gasteiger partial charge in [-0.2, -0.15) is 0 Å². The normalized spacial score (nSPS) is 11.4. The maximum atomic E-state index is 12.6. The predicted octanol–water partition coefficient (Wildman–Crippen LogP) is 2.72. The fourth-order valence-corrected chi connectivity index (χ4v) is 3.92. The molecule has 1 aromatic heterocycles. The molecule has 5 nitrogen and oxygen atoms in total. The molecule has 0 radical (unpaired) electrons. The molecule has 1 aromatic carbocycles. The van der Waals surface area contributed by atoms with E-state index < -0.39 is 10.0 Å². The van der Waals surface area contributed by atoms with Crippen molar-refractivity contribution in [2.45, 2.75) is 25.3 Å². The van der Waals surface area contributed by atoms with Gasteiger partial charge in [0, 0.05) is 17.2 Å². The van der Waals surface area contributed by atoms with Gasteiger partial charge in [-0.1, -0.05) is 15.9 Å². The number of rotatable bonds is 4. The highest BCUT2D eigenvalue weighted by atomic mass is 79.9. The summed E-state index contributed by atoms with van der Waals surface area (Å²) in [5.41, 5.74) is 8.30. The quantitative estimate of drug-likeness (QED) is 0.867. The van der Waals surface area contributed by atoms with Crippen LogP contribution in [0.4, 0.5) is 5.69 Å². The van der Waals surface area contributed by atoms with Crippen molar-refractivity contribution in [1.82, 2.24) is 4.98 Å². The van der Waals surface area contributed by atoms with Crippen molar-refractivity contribution >= 4 is 31.6 Å². The Morgan fingerprint density at radius 2 is 1.95 bits per heavy atom. The number of nitrogens with zero attached hydrogens (tertiary/aromatic N) is 1. The highest BCUT2D eigenvalue weighted by molar-refractivity contribution is 9.10. The number of sulfonamides is 1. The molecule has 0 atom stereocenters. The molecule has 0 unspecified atom stereocenters. The summed E-state index contributed by atoms with van der Waals surface area (Å²) < 4.78 is 28.4. The molecule has 7 heteroatoms. The predicted molar refractivity (Wildman–Crippen MR) is 86.6 cm³/mol. The Labute approximate surface area is 132 Å². The molecular formula is C14H16BrN3O2S. The number of aromatic nitrogens is 1. The summed E-state index contributed by atoms with van der Waals surface area (Å²) in [6.07, 6.45) is 3.14. The molecule has 0 fully saturated rings. The first-order valence-corrected chi connectivity index (χ1v) is 8.54. The maximum Gasteiger partial charge on any atom is 0.262 e. The van der Waals surface area contributed by atoms with Crippen molar-refractivity contribution < 1.29 is 8.42 Å². The number of pyridine rings is 1. The standard InChI is InChI=1S/C14H16BrN3O2S/c1-9-3-12(8-17-7-9)18-21(19,20)14-5-11(6-16)4-13(15)10(14)2/h3-5,7-8,18H,6,16H2,1-2H3. The Bertz CT molecular complexity index is 776. The molecule has 0 spiro atoms. The second kappa shape index (κ2) is 6.13. The molecule has 0 aliphatic heterocycles. The molecule has 3 N–H and O–H groups in total. The lowest BCUT2D eigenvalue weighted by Crippen LogP contribution is -2.15. The summed E-state index contributed by atoms with van der Waals surface area (Å²) >= 11 is 3.37. The van der Waals surface area contributed by atoms with Crippen LogP contribution in [0.2, 0.25) is 0 Å². The van der Waals surface area contributed by atoms with Crippen LogP contribution in [-0.4, -0.2) is 13.4 Å². The average Bonchev–Trinajstić information content (AvgIpc) is 2.41. The van der Waals surface area contributed by atoms with Crippen LogP contribution in [0.1, 0.15) is 16.7 Å². The summed E-state index contributed by atoms with van der Waals surface area (Å²) in [5, 5.41) is 0. The van der Waals surface area contributed by atoms with Gasteiger partial charge in [0.1, 0.15) is 0 Å². The van der Waals surface area contributed by atoms with E-state index in [1.165, 1.54) is 6.20 Å². The van der Waals surface area contributed by atoms with E-state index in [1.807, 2.05) is 13.0 Å². The number of nitrogens with one attached hydrogen (secondary N) is 1. The topological polar surface area (TPSA) is 85.1 Å². The lowest BCUT2D eigenvalue weighted by atomic mass is 10.1. The van der Waals surface area contributed by atoms with Crippen molar-refractivity contribution in [3.05, 3.63) is 51.8 Å². The van der Waals surface area contributed by atoms with E-state index in [9.17, 15) is 8.42 Å². The monoisotopic (exact) mass is 369 g/mol. The van der Waals surface area contributed by atoms with Crippen molar-refractivity contribution in [1.29, 1.82) is 0 Å². The molecule has 0 saturated carbocycles. The largest absolute Gasteiger partial charge is 0.326 e. The molecular weight excluding hydrogens is 354 g/mol. The zero-order chi connectivity index (χ0) is 15.6. The zero-order valence-electron chi connectivity index (χ0n) is 11.7. The van der Waals surface area contributed by atoms with E-state index in [0.717, 1.165) is 11.1 Å². The first-order valence-electron chi connectivity index (χ1n) is 6.27. The van der Waals surface area contributed by atoms with Crippen molar-refractivity contribution in [3.63, 3.8) is 0 Å². The Morgan fingerprint density at radius 3 is 2.57 bits per heavy atom. The van der Waals surface area contributed by atoms with Gasteiger partial charge in [0.05, 0.1) is 16.8 Å². The van der Waals surface area contributed by atoms with Gasteiger partial charge >= 0.3 is 0 Å². The lowest BCUT2D eigenvalue weighted by Gasteiger charge is -2.13. The van der Waals surface area contributed by atoms with Crippen LogP contribution in [0.5, 0.6) is 0 Å². The number of hydrogen-bond acceptors (Lipinski definition) is 4. The Morgan fingerprint density at radius 1 is 1.24 bits per heavy atom. The fourth-order valence-electron chi connectivity index (χ4n) is 1.92. The van der Waals surface area contributed by atoms with Gasteiger partial charge in [-0.25, -0.2) is 8.42 Å². The molecule has 0 saturated heterocycles. The van der Waals surface area contributed by atoms with Crippen LogP contribution in [0.3, 0.4) is 0 Å². The summed E-state index contributed by atoms with van der Waals surface area (Å²) in [6, 6.07) is 5.13. The molecule has 1 heterocycles. The third-order valence-electron chi connectivity index (χ3n) is 3.01. The fraction of sp³-hybridized carbons (Fsp3) is 0.214. The minimum Gasteiger partial charge on any atom is -0.326 e. The van der Waals surface area contributed by atoms with Gasteiger partial charge in [0.2, 0.25) is 0 Å². The van der Waals surface area contributed by atoms with Crippen LogP contribution in [0.25, 0.3) is 0 Å². The van der Waals surface area contributed by atoms with Gasteiger partial charge in [0.15, 0.2) is 0 Å². The minimum atomic E-state index is -3.69. The summed E-state index contributed by atoms with van der Waals surface area (Å²) in [4.78, 5) is 4.19. The smallest absolute Gasteiger partial charge is 0.262 e. The summed E-state index contributed by atoms with van der Waals surface area (Å²) in [5.74, 6) is 0. The zero-order valence-corrected chi connectivity index (χ0v) is 14.1. The molecule has 2 aromatic rings. The van der Waals surface area contributed by atoms with Crippen LogP contribution in [0.15, 0.2) is 40.0 Å². The molecule has 0 amide bonds. The van der Waals surface area contributed by atoms with Crippen molar-refractivity contribution in [3.8, 4) is 0 Å². The molecule has 0 aliphatic rings. The second-order valence-corrected chi connectivity index (χ2v) is 7.27. The first-order chi connectivity index (χ1) is 9.83. The van der Waals surface area contributed by atoms with Gasteiger partial charge in [0.25, 0.3) is 10.0 Å². The minimum absolute atomic E-state index is 0.207. The molecule has 21 heavy (non-hydrogen) atoms. The SMILES string of the molecule is Cc1cncc(NS(=O)(=O)c2cc(CN)cc(Br)c2C)c1. The maximum absolute atomic E-state index is 12.6. The number of nitrogens with two attached hydrogens (primary N) is 1. The number of halogens is 1. The Balaban J connectivity index is 2.47. The first kappa shape index (κ1) is 15.9. The molecule has 0 bridgehead atoms. The summed E-state index contributed by atoms with van der Waals surface area (Å²) in [6.45, 7) is 3.86. The van der Waals surface area contributed by atoms with Gasteiger partial charge in [-0.15, -0.1) is 0 Å². The number of aryl methyl sites for hydroxylation is 1. The molecule has 112 valence electrons. The van der Waals surface area contributed by atoms with Crippen LogP contribution >= 0.6 is 15.9 Å². The number of hydrogen-bond donors (Lipinski definition) is 2. The van der Waals surface area contributed by atoms with E-state index in [1.54, 1.807) is 25.3 Å².